The molecule has 0 bridgehead atoms. The van der Waals surface area contributed by atoms with Gasteiger partial charge in [-0.25, -0.2) is 9.69 Å². The highest BCUT2D eigenvalue weighted by atomic mass is 35.5. The molecule has 138 valence electrons. The van der Waals surface area contributed by atoms with E-state index in [1.807, 2.05) is 6.92 Å². The van der Waals surface area contributed by atoms with Gasteiger partial charge in [0.25, 0.3) is 0 Å². The summed E-state index contributed by atoms with van der Waals surface area (Å²) in [6.07, 6.45) is 3.56. The van der Waals surface area contributed by atoms with Gasteiger partial charge in [0.05, 0.1) is 0 Å². The molecule has 2 fully saturated rings. The van der Waals surface area contributed by atoms with Crippen molar-refractivity contribution in [2.75, 3.05) is 11.9 Å². The van der Waals surface area contributed by atoms with Crippen LogP contribution in [0.15, 0.2) is 24.3 Å². The standard InChI is InChI=1S/C18H20ClN3O4/c1-11-5-2-3-8-14(11)22-17(25)16(24)21(18(22)26)10-15(23)20-13-7-4-6-12(19)9-13/h4,6-7,9,11,14H,2-3,5,8,10H2,1H3,(H,20,23)/t11-,14-/m1/s1. The minimum absolute atomic E-state index is 0.143. The summed E-state index contributed by atoms with van der Waals surface area (Å²) in [5.41, 5.74) is 0.450. The van der Waals surface area contributed by atoms with Crippen molar-refractivity contribution in [3.63, 3.8) is 0 Å². The maximum absolute atomic E-state index is 12.6. The first kappa shape index (κ1) is 18.4. The molecule has 2 atom stereocenters. The zero-order chi connectivity index (χ0) is 18.8. The second-order valence-corrected chi connectivity index (χ2v) is 7.17. The molecule has 1 aromatic carbocycles. The fourth-order valence-electron chi connectivity index (χ4n) is 3.54. The summed E-state index contributed by atoms with van der Waals surface area (Å²) >= 11 is 5.86. The van der Waals surface area contributed by atoms with Crippen molar-refractivity contribution in [1.82, 2.24) is 9.80 Å². The van der Waals surface area contributed by atoms with Crippen LogP contribution in [-0.2, 0) is 14.4 Å². The van der Waals surface area contributed by atoms with E-state index in [2.05, 4.69) is 5.32 Å². The van der Waals surface area contributed by atoms with Crippen molar-refractivity contribution in [1.29, 1.82) is 0 Å². The lowest BCUT2D eigenvalue weighted by Gasteiger charge is -2.34. The SMILES string of the molecule is C[C@@H]1CCCC[C@H]1N1C(=O)C(=O)N(CC(=O)Nc2cccc(Cl)c2)C1=O. The van der Waals surface area contributed by atoms with Crippen molar-refractivity contribution in [3.8, 4) is 0 Å². The van der Waals surface area contributed by atoms with Gasteiger partial charge in [0.15, 0.2) is 0 Å². The first-order chi connectivity index (χ1) is 12.4. The summed E-state index contributed by atoms with van der Waals surface area (Å²) in [4.78, 5) is 51.1. The molecule has 1 aliphatic heterocycles. The number of carbonyl (C=O) groups excluding carboxylic acids is 4. The van der Waals surface area contributed by atoms with Gasteiger partial charge in [0.1, 0.15) is 6.54 Å². The van der Waals surface area contributed by atoms with Crippen LogP contribution < -0.4 is 5.32 Å². The van der Waals surface area contributed by atoms with Crippen LogP contribution in [0.2, 0.25) is 5.02 Å². The molecule has 2 aliphatic rings. The Bertz CT molecular complexity index is 767. The van der Waals surface area contributed by atoms with Gasteiger partial charge >= 0.3 is 17.8 Å². The Hall–Kier alpha value is -2.41. The van der Waals surface area contributed by atoms with E-state index in [0.29, 0.717) is 22.0 Å². The monoisotopic (exact) mass is 377 g/mol. The number of anilines is 1. The van der Waals surface area contributed by atoms with Crippen molar-refractivity contribution in [2.24, 2.45) is 5.92 Å². The molecule has 0 aromatic heterocycles. The van der Waals surface area contributed by atoms with E-state index in [0.717, 1.165) is 24.2 Å². The zero-order valence-corrected chi connectivity index (χ0v) is 15.2. The number of nitrogens with zero attached hydrogens (tertiary/aromatic N) is 2. The quantitative estimate of drug-likeness (QED) is 0.645. The van der Waals surface area contributed by atoms with Gasteiger partial charge in [-0.2, -0.15) is 0 Å². The first-order valence-electron chi connectivity index (χ1n) is 8.63. The van der Waals surface area contributed by atoms with Gasteiger partial charge in [-0.15, -0.1) is 0 Å². The number of nitrogens with one attached hydrogen (secondary N) is 1. The van der Waals surface area contributed by atoms with E-state index < -0.39 is 30.3 Å². The van der Waals surface area contributed by atoms with E-state index in [4.69, 9.17) is 11.6 Å². The smallest absolute Gasteiger partial charge is 0.324 e. The first-order valence-corrected chi connectivity index (χ1v) is 9.00. The number of rotatable bonds is 4. The Morgan fingerprint density at radius 3 is 2.62 bits per heavy atom. The van der Waals surface area contributed by atoms with Crippen LogP contribution in [0.1, 0.15) is 32.6 Å². The van der Waals surface area contributed by atoms with Gasteiger partial charge in [-0.1, -0.05) is 37.4 Å². The molecule has 1 saturated carbocycles. The molecule has 1 saturated heterocycles. The predicted molar refractivity (Wildman–Crippen MR) is 95.5 cm³/mol. The van der Waals surface area contributed by atoms with Gasteiger partial charge in [0.2, 0.25) is 5.91 Å². The van der Waals surface area contributed by atoms with Crippen molar-refractivity contribution in [3.05, 3.63) is 29.3 Å². The zero-order valence-electron chi connectivity index (χ0n) is 14.4. The van der Waals surface area contributed by atoms with Crippen LogP contribution in [0.3, 0.4) is 0 Å². The highest BCUT2D eigenvalue weighted by Crippen LogP contribution is 2.31. The van der Waals surface area contributed by atoms with Gasteiger partial charge in [-0.3, -0.25) is 19.3 Å². The lowest BCUT2D eigenvalue weighted by atomic mass is 9.85. The number of carbonyl (C=O) groups is 4. The maximum Gasteiger partial charge on any atom is 0.334 e. The largest absolute Gasteiger partial charge is 0.334 e. The molecule has 3 rings (SSSR count). The van der Waals surface area contributed by atoms with Crippen molar-refractivity contribution in [2.45, 2.75) is 38.6 Å². The number of amides is 5. The number of urea groups is 1. The number of imide groups is 2. The van der Waals surface area contributed by atoms with Gasteiger partial charge in [0, 0.05) is 16.8 Å². The normalized spacial score (nSPS) is 23.5. The maximum atomic E-state index is 12.6. The van der Waals surface area contributed by atoms with Gasteiger partial charge in [-0.05, 0) is 37.0 Å². The second kappa shape index (κ2) is 7.45. The van der Waals surface area contributed by atoms with E-state index in [9.17, 15) is 19.2 Å². The molecule has 0 spiro atoms. The fourth-order valence-corrected chi connectivity index (χ4v) is 3.74. The van der Waals surface area contributed by atoms with E-state index in [-0.39, 0.29) is 12.0 Å². The molecule has 1 aromatic rings. The number of halogens is 1. The number of benzene rings is 1. The molecular weight excluding hydrogens is 358 g/mol. The Morgan fingerprint density at radius 1 is 1.19 bits per heavy atom. The molecule has 8 heteroatoms. The molecule has 26 heavy (non-hydrogen) atoms. The van der Waals surface area contributed by atoms with E-state index in [1.54, 1.807) is 24.3 Å². The number of hydrogen-bond donors (Lipinski definition) is 1. The van der Waals surface area contributed by atoms with E-state index in [1.165, 1.54) is 0 Å². The topological polar surface area (TPSA) is 86.8 Å². The average Bonchev–Trinajstić information content (AvgIpc) is 2.79. The summed E-state index contributed by atoms with van der Waals surface area (Å²) in [5, 5.41) is 3.02. The van der Waals surface area contributed by atoms with Crippen LogP contribution in [0, 0.1) is 5.92 Å². The average molecular weight is 378 g/mol. The summed E-state index contributed by atoms with van der Waals surface area (Å²) in [7, 11) is 0. The van der Waals surface area contributed by atoms with Crippen LogP contribution in [-0.4, -0.2) is 46.1 Å². The van der Waals surface area contributed by atoms with Crippen molar-refractivity contribution < 1.29 is 19.2 Å². The van der Waals surface area contributed by atoms with E-state index >= 15 is 0 Å². The molecule has 0 unspecified atom stereocenters. The summed E-state index contributed by atoms with van der Waals surface area (Å²) in [5.74, 6) is -2.22. The van der Waals surface area contributed by atoms with Crippen LogP contribution >= 0.6 is 11.6 Å². The highest BCUT2D eigenvalue weighted by molar-refractivity contribution is 6.45. The second-order valence-electron chi connectivity index (χ2n) is 6.74. The highest BCUT2D eigenvalue weighted by Gasteiger charge is 2.49. The molecule has 0 radical (unpaired) electrons. The third-order valence-electron chi connectivity index (χ3n) is 4.89. The third kappa shape index (κ3) is 3.58. The summed E-state index contributed by atoms with van der Waals surface area (Å²) in [6.45, 7) is 1.47. The summed E-state index contributed by atoms with van der Waals surface area (Å²) in [6, 6.07) is 5.52. The third-order valence-corrected chi connectivity index (χ3v) is 5.13. The minimum atomic E-state index is -0.950. The Balaban J connectivity index is 1.70. The predicted octanol–water partition coefficient (Wildman–Crippen LogP) is 2.65. The fraction of sp³-hybridized carbons (Fsp3) is 0.444. The molecule has 1 aliphatic carbocycles. The summed E-state index contributed by atoms with van der Waals surface area (Å²) < 4.78 is 0. The number of hydrogen-bond acceptors (Lipinski definition) is 4. The van der Waals surface area contributed by atoms with Crippen LogP contribution in [0.5, 0.6) is 0 Å². The minimum Gasteiger partial charge on any atom is -0.324 e. The Kier molecular flexibility index (Phi) is 5.27. The molecule has 1 heterocycles. The van der Waals surface area contributed by atoms with Crippen LogP contribution in [0.25, 0.3) is 0 Å². The lowest BCUT2D eigenvalue weighted by Crippen LogP contribution is -2.46. The van der Waals surface area contributed by atoms with Gasteiger partial charge < -0.3 is 5.32 Å². The van der Waals surface area contributed by atoms with Crippen molar-refractivity contribution >= 4 is 41.0 Å². The molecular formula is C18H20ClN3O4. The Labute approximate surface area is 156 Å². The van der Waals surface area contributed by atoms with Crippen LogP contribution in [0.4, 0.5) is 10.5 Å². The molecule has 1 N–H and O–H groups in total. The molecule has 5 amide bonds. The lowest BCUT2D eigenvalue weighted by molar-refractivity contribution is -0.145. The Morgan fingerprint density at radius 2 is 1.92 bits per heavy atom. The molecule has 7 nitrogen and oxygen atoms in total.